The van der Waals surface area contributed by atoms with Crippen molar-refractivity contribution in [1.82, 2.24) is 5.32 Å². The van der Waals surface area contributed by atoms with Gasteiger partial charge in [-0.05, 0) is 17.7 Å². The summed E-state index contributed by atoms with van der Waals surface area (Å²) in [5.74, 6) is 1.03. The van der Waals surface area contributed by atoms with E-state index in [2.05, 4.69) is 10.1 Å². The van der Waals surface area contributed by atoms with Crippen molar-refractivity contribution < 1.29 is 22.7 Å². The topological polar surface area (TPSA) is 38.3 Å². The van der Waals surface area contributed by atoms with Gasteiger partial charge in [-0.2, -0.15) is 24.9 Å². The first-order valence-corrected chi connectivity index (χ1v) is 7.68. The fraction of sp³-hybridized carbons (Fsp3) is 0.417. The number of thioether (sulfide) groups is 1. The molecule has 0 aliphatic carbocycles. The Morgan fingerprint density at radius 1 is 1.29 bits per heavy atom. The lowest BCUT2D eigenvalue weighted by Crippen LogP contribution is -2.30. The van der Waals surface area contributed by atoms with Gasteiger partial charge in [0.05, 0.1) is 0 Å². The van der Waals surface area contributed by atoms with E-state index >= 15 is 0 Å². The van der Waals surface area contributed by atoms with Gasteiger partial charge in [-0.1, -0.05) is 29.3 Å². The van der Waals surface area contributed by atoms with Crippen LogP contribution in [0.3, 0.4) is 0 Å². The third-order valence-electron chi connectivity index (χ3n) is 2.19. The summed E-state index contributed by atoms with van der Waals surface area (Å²) in [5.41, 5.74) is 0.783. The van der Waals surface area contributed by atoms with Crippen molar-refractivity contribution in [2.45, 2.75) is 11.9 Å². The minimum absolute atomic E-state index is 0.184. The maximum atomic E-state index is 11.8. The number of hydrogen-bond acceptors (Lipinski definition) is 3. The number of benzene rings is 1. The molecule has 3 nitrogen and oxygen atoms in total. The SMILES string of the molecule is O=C(NCCSCc1c(Cl)cccc1Cl)OCC(F)(F)F. The zero-order valence-corrected chi connectivity index (χ0v) is 13.0. The Labute approximate surface area is 134 Å². The van der Waals surface area contributed by atoms with Crippen LogP contribution in [-0.4, -0.2) is 31.2 Å². The van der Waals surface area contributed by atoms with Gasteiger partial charge >= 0.3 is 12.3 Å². The van der Waals surface area contributed by atoms with Gasteiger partial charge in [0.25, 0.3) is 0 Å². The molecule has 21 heavy (non-hydrogen) atoms. The van der Waals surface area contributed by atoms with Crippen molar-refractivity contribution >= 4 is 41.1 Å². The molecule has 0 saturated carbocycles. The molecule has 0 bridgehead atoms. The Morgan fingerprint density at radius 3 is 2.48 bits per heavy atom. The highest BCUT2D eigenvalue weighted by Crippen LogP contribution is 2.27. The van der Waals surface area contributed by atoms with Crippen molar-refractivity contribution in [3.05, 3.63) is 33.8 Å². The molecule has 0 atom stereocenters. The number of alkyl halides is 3. The number of nitrogens with one attached hydrogen (secondary N) is 1. The number of rotatable bonds is 6. The van der Waals surface area contributed by atoms with Crippen LogP contribution in [0.1, 0.15) is 5.56 Å². The van der Waals surface area contributed by atoms with E-state index in [-0.39, 0.29) is 6.54 Å². The molecule has 1 amide bonds. The van der Waals surface area contributed by atoms with E-state index in [1.165, 1.54) is 11.8 Å². The van der Waals surface area contributed by atoms with E-state index in [4.69, 9.17) is 23.2 Å². The molecule has 1 aromatic carbocycles. The monoisotopic (exact) mass is 361 g/mol. The Bertz CT molecular complexity index is 466. The zero-order valence-electron chi connectivity index (χ0n) is 10.7. The average Bonchev–Trinajstić information content (AvgIpc) is 2.38. The van der Waals surface area contributed by atoms with Gasteiger partial charge in [0, 0.05) is 28.1 Å². The lowest BCUT2D eigenvalue weighted by Gasteiger charge is -2.09. The van der Waals surface area contributed by atoms with E-state index in [0.717, 1.165) is 5.56 Å². The summed E-state index contributed by atoms with van der Waals surface area (Å²) < 4.78 is 39.3. The summed E-state index contributed by atoms with van der Waals surface area (Å²) in [6.45, 7) is -1.41. The second-order valence-electron chi connectivity index (χ2n) is 3.87. The minimum atomic E-state index is -4.52. The fourth-order valence-electron chi connectivity index (χ4n) is 1.27. The lowest BCUT2D eigenvalue weighted by molar-refractivity contribution is -0.160. The summed E-state index contributed by atoms with van der Waals surface area (Å²) >= 11 is 13.4. The van der Waals surface area contributed by atoms with Crippen molar-refractivity contribution in [3.8, 4) is 0 Å². The third-order valence-corrected chi connectivity index (χ3v) is 3.88. The van der Waals surface area contributed by atoms with Gasteiger partial charge in [0.2, 0.25) is 0 Å². The second-order valence-corrected chi connectivity index (χ2v) is 5.79. The van der Waals surface area contributed by atoms with Crippen LogP contribution in [0, 0.1) is 0 Å². The van der Waals surface area contributed by atoms with E-state index in [0.29, 0.717) is 21.6 Å². The van der Waals surface area contributed by atoms with Crippen LogP contribution in [0.5, 0.6) is 0 Å². The number of carbonyl (C=O) groups is 1. The lowest BCUT2D eigenvalue weighted by atomic mass is 10.2. The number of carbonyl (C=O) groups excluding carboxylic acids is 1. The highest BCUT2D eigenvalue weighted by atomic mass is 35.5. The van der Waals surface area contributed by atoms with E-state index < -0.39 is 18.9 Å². The summed E-state index contributed by atoms with van der Waals surface area (Å²) in [5, 5.41) is 3.32. The molecule has 9 heteroatoms. The average molecular weight is 362 g/mol. The Kier molecular flexibility index (Phi) is 7.48. The van der Waals surface area contributed by atoms with Gasteiger partial charge < -0.3 is 10.1 Å². The molecule has 1 N–H and O–H groups in total. The van der Waals surface area contributed by atoms with Crippen LogP contribution < -0.4 is 5.32 Å². The molecule has 0 aliphatic rings. The molecular weight excluding hydrogens is 350 g/mol. The van der Waals surface area contributed by atoms with Gasteiger partial charge in [-0.25, -0.2) is 4.79 Å². The number of ether oxygens (including phenoxy) is 1. The number of alkyl carbamates (subject to hydrolysis) is 1. The van der Waals surface area contributed by atoms with Crippen LogP contribution in [0.25, 0.3) is 0 Å². The largest absolute Gasteiger partial charge is 0.440 e. The molecule has 0 spiro atoms. The molecule has 0 radical (unpaired) electrons. The van der Waals surface area contributed by atoms with E-state index in [9.17, 15) is 18.0 Å². The molecule has 0 unspecified atom stereocenters. The number of hydrogen-bond donors (Lipinski definition) is 1. The van der Waals surface area contributed by atoms with Crippen LogP contribution in [0.2, 0.25) is 10.0 Å². The van der Waals surface area contributed by atoms with E-state index in [1.54, 1.807) is 18.2 Å². The van der Waals surface area contributed by atoms with Crippen molar-refractivity contribution in [1.29, 1.82) is 0 Å². The van der Waals surface area contributed by atoms with E-state index in [1.807, 2.05) is 0 Å². The fourth-order valence-corrected chi connectivity index (χ4v) is 2.86. The summed E-state index contributed by atoms with van der Waals surface area (Å²) in [7, 11) is 0. The maximum Gasteiger partial charge on any atom is 0.422 e. The van der Waals surface area contributed by atoms with Crippen molar-refractivity contribution in [2.24, 2.45) is 0 Å². The first kappa shape index (κ1) is 18.3. The predicted octanol–water partition coefficient (Wildman–Crippen LogP) is 4.52. The molecule has 0 aliphatic heterocycles. The maximum absolute atomic E-state index is 11.8. The molecule has 0 fully saturated rings. The van der Waals surface area contributed by atoms with Gasteiger partial charge in [0.1, 0.15) is 0 Å². The normalized spacial score (nSPS) is 11.3. The Hall–Kier alpha value is -0.790. The first-order valence-electron chi connectivity index (χ1n) is 5.77. The van der Waals surface area contributed by atoms with Crippen LogP contribution in [-0.2, 0) is 10.5 Å². The van der Waals surface area contributed by atoms with Crippen LogP contribution >= 0.6 is 35.0 Å². The quantitative estimate of drug-likeness (QED) is 0.757. The van der Waals surface area contributed by atoms with Crippen LogP contribution in [0.15, 0.2) is 18.2 Å². The molecule has 0 heterocycles. The summed E-state index contributed by atoms with van der Waals surface area (Å²) in [6.07, 6.45) is -5.61. The van der Waals surface area contributed by atoms with Crippen LogP contribution in [0.4, 0.5) is 18.0 Å². The number of halogens is 5. The molecule has 0 aromatic heterocycles. The number of amides is 1. The molecular formula is C12H12Cl2F3NO2S. The predicted molar refractivity (Wildman–Crippen MR) is 78.0 cm³/mol. The Balaban J connectivity index is 2.19. The van der Waals surface area contributed by atoms with Crippen molar-refractivity contribution in [2.75, 3.05) is 18.9 Å². The van der Waals surface area contributed by atoms with Gasteiger partial charge in [-0.3, -0.25) is 0 Å². The minimum Gasteiger partial charge on any atom is -0.440 e. The Morgan fingerprint density at radius 2 is 1.90 bits per heavy atom. The molecule has 1 aromatic rings. The first-order chi connectivity index (χ1) is 9.79. The third kappa shape index (κ3) is 7.68. The molecule has 1 rings (SSSR count). The van der Waals surface area contributed by atoms with Gasteiger partial charge in [-0.15, -0.1) is 0 Å². The zero-order chi connectivity index (χ0) is 15.9. The highest BCUT2D eigenvalue weighted by molar-refractivity contribution is 7.98. The van der Waals surface area contributed by atoms with Crippen molar-refractivity contribution in [3.63, 3.8) is 0 Å². The molecule has 118 valence electrons. The standard InChI is InChI=1S/C12H12Cl2F3NO2S/c13-9-2-1-3-10(14)8(9)6-21-5-4-18-11(19)20-7-12(15,16)17/h1-3H,4-7H2,(H,18,19). The molecule has 0 saturated heterocycles. The summed E-state index contributed by atoms with van der Waals surface area (Å²) in [4.78, 5) is 10.9. The second kappa shape index (κ2) is 8.60. The smallest absolute Gasteiger partial charge is 0.422 e. The van der Waals surface area contributed by atoms with Gasteiger partial charge in [0.15, 0.2) is 6.61 Å². The summed E-state index contributed by atoms with van der Waals surface area (Å²) in [6, 6.07) is 5.17. The highest BCUT2D eigenvalue weighted by Gasteiger charge is 2.29.